The van der Waals surface area contributed by atoms with E-state index in [0.717, 1.165) is 17.1 Å². The minimum absolute atomic E-state index is 0.449. The van der Waals surface area contributed by atoms with Crippen molar-refractivity contribution < 1.29 is 0 Å². The van der Waals surface area contributed by atoms with Crippen LogP contribution in [0, 0.1) is 11.8 Å². The van der Waals surface area contributed by atoms with Gasteiger partial charge in [-0.25, -0.2) is 0 Å². The first-order valence-corrected chi connectivity index (χ1v) is 7.02. The number of hydrogen-bond donors (Lipinski definition) is 0. The van der Waals surface area contributed by atoms with Gasteiger partial charge in [0.05, 0.1) is 0 Å². The zero-order valence-electron chi connectivity index (χ0n) is 8.60. The number of fused-ring (bicyclic) bond motifs is 2. The molecule has 0 spiro atoms. The quantitative estimate of drug-likeness (QED) is 0.697. The molecular formula is C13H15ClS. The van der Waals surface area contributed by atoms with Gasteiger partial charge in [0, 0.05) is 15.5 Å². The average Bonchev–Trinajstić information content (AvgIpc) is 2.76. The van der Waals surface area contributed by atoms with E-state index in [1.165, 1.54) is 24.2 Å². The van der Waals surface area contributed by atoms with Gasteiger partial charge in [-0.15, -0.1) is 23.4 Å². The summed E-state index contributed by atoms with van der Waals surface area (Å²) in [6, 6.07) is 10.8. The molecule has 2 aliphatic carbocycles. The van der Waals surface area contributed by atoms with Gasteiger partial charge in [0.2, 0.25) is 0 Å². The van der Waals surface area contributed by atoms with Crippen LogP contribution in [0.5, 0.6) is 0 Å². The number of rotatable bonds is 2. The molecule has 0 radical (unpaired) electrons. The van der Waals surface area contributed by atoms with Crippen LogP contribution in [0.15, 0.2) is 35.2 Å². The molecular weight excluding hydrogens is 224 g/mol. The fourth-order valence-electron chi connectivity index (χ4n) is 3.03. The molecule has 0 amide bonds. The summed E-state index contributed by atoms with van der Waals surface area (Å²) >= 11 is 8.41. The lowest BCUT2D eigenvalue weighted by Crippen LogP contribution is -2.13. The molecule has 2 aliphatic rings. The van der Waals surface area contributed by atoms with Gasteiger partial charge >= 0.3 is 0 Å². The number of benzene rings is 1. The molecule has 80 valence electrons. The summed E-state index contributed by atoms with van der Waals surface area (Å²) in [7, 11) is 0. The fraction of sp³-hybridized carbons (Fsp3) is 0.538. The monoisotopic (exact) mass is 238 g/mol. The van der Waals surface area contributed by atoms with E-state index < -0.39 is 0 Å². The van der Waals surface area contributed by atoms with Gasteiger partial charge in [-0.2, -0.15) is 0 Å². The van der Waals surface area contributed by atoms with Crippen molar-refractivity contribution in [2.75, 3.05) is 0 Å². The molecule has 3 rings (SSSR count). The van der Waals surface area contributed by atoms with Crippen LogP contribution in [0.25, 0.3) is 0 Å². The van der Waals surface area contributed by atoms with Gasteiger partial charge in [-0.3, -0.25) is 0 Å². The van der Waals surface area contributed by atoms with Crippen LogP contribution in [0.4, 0.5) is 0 Å². The highest BCUT2D eigenvalue weighted by atomic mass is 35.5. The summed E-state index contributed by atoms with van der Waals surface area (Å²) in [4.78, 5) is 1.41. The molecule has 0 aromatic heterocycles. The number of hydrogen-bond acceptors (Lipinski definition) is 1. The molecule has 4 unspecified atom stereocenters. The second-order valence-electron chi connectivity index (χ2n) is 4.65. The third kappa shape index (κ3) is 1.81. The molecule has 1 aromatic rings. The molecule has 0 heterocycles. The summed E-state index contributed by atoms with van der Waals surface area (Å²) in [6.45, 7) is 0. The molecule has 0 aliphatic heterocycles. The van der Waals surface area contributed by atoms with E-state index in [4.69, 9.17) is 11.6 Å². The van der Waals surface area contributed by atoms with Crippen molar-refractivity contribution in [3.05, 3.63) is 30.3 Å². The second kappa shape index (κ2) is 4.03. The van der Waals surface area contributed by atoms with Crippen LogP contribution >= 0.6 is 23.4 Å². The summed E-state index contributed by atoms with van der Waals surface area (Å²) in [5.74, 6) is 1.64. The number of thioether (sulfide) groups is 1. The zero-order valence-corrected chi connectivity index (χ0v) is 10.2. The normalized spacial score (nSPS) is 38.5. The first-order chi connectivity index (χ1) is 7.34. The second-order valence-corrected chi connectivity index (χ2v) is 6.46. The molecule has 2 heteroatoms. The molecule has 0 saturated heterocycles. The minimum atomic E-state index is 0.449. The lowest BCUT2D eigenvalue weighted by molar-refractivity contribution is 0.487. The lowest BCUT2D eigenvalue weighted by Gasteiger charge is -2.16. The molecule has 0 N–H and O–H groups in total. The third-order valence-electron chi connectivity index (χ3n) is 3.77. The maximum absolute atomic E-state index is 6.36. The van der Waals surface area contributed by atoms with Gasteiger partial charge in [0.15, 0.2) is 0 Å². The van der Waals surface area contributed by atoms with Crippen LogP contribution in [0.1, 0.15) is 19.3 Å². The molecule has 4 atom stereocenters. The maximum Gasteiger partial charge on any atom is 0.0378 e. The predicted octanol–water partition coefficient (Wildman–Crippen LogP) is 4.18. The van der Waals surface area contributed by atoms with Crippen molar-refractivity contribution >= 4 is 23.4 Å². The highest BCUT2D eigenvalue weighted by molar-refractivity contribution is 8.00. The van der Waals surface area contributed by atoms with Crippen LogP contribution in [0.2, 0.25) is 0 Å². The molecule has 15 heavy (non-hydrogen) atoms. The van der Waals surface area contributed by atoms with Gasteiger partial charge in [0.1, 0.15) is 0 Å². The average molecular weight is 239 g/mol. The maximum atomic E-state index is 6.36. The van der Waals surface area contributed by atoms with Crippen molar-refractivity contribution in [1.29, 1.82) is 0 Å². The Kier molecular flexibility index (Phi) is 2.70. The Bertz CT molecular complexity index is 338. The van der Waals surface area contributed by atoms with E-state index >= 15 is 0 Å². The zero-order chi connectivity index (χ0) is 10.3. The van der Waals surface area contributed by atoms with E-state index in [-0.39, 0.29) is 0 Å². The van der Waals surface area contributed by atoms with Crippen molar-refractivity contribution in [1.82, 2.24) is 0 Å². The highest BCUT2D eigenvalue weighted by Crippen LogP contribution is 2.53. The van der Waals surface area contributed by atoms with Crippen molar-refractivity contribution in [2.45, 2.75) is 34.8 Å². The Morgan fingerprint density at radius 3 is 2.53 bits per heavy atom. The molecule has 0 nitrogen and oxygen atoms in total. The SMILES string of the molecule is ClC1CC2CCC1C2Sc1ccccc1. The summed E-state index contributed by atoms with van der Waals surface area (Å²) in [6.07, 6.45) is 4.00. The van der Waals surface area contributed by atoms with Crippen LogP contribution in [0.3, 0.4) is 0 Å². The van der Waals surface area contributed by atoms with E-state index in [0.29, 0.717) is 5.38 Å². The van der Waals surface area contributed by atoms with E-state index in [1.807, 2.05) is 11.8 Å². The molecule has 1 aromatic carbocycles. The van der Waals surface area contributed by atoms with Crippen molar-refractivity contribution in [3.8, 4) is 0 Å². The standard InChI is InChI=1S/C13H15ClS/c14-12-8-9-6-7-11(12)13(9)15-10-4-2-1-3-5-10/h1-5,9,11-13H,6-8H2. The molecule has 2 saturated carbocycles. The van der Waals surface area contributed by atoms with Gasteiger partial charge in [0.25, 0.3) is 0 Å². The highest BCUT2D eigenvalue weighted by Gasteiger charge is 2.47. The first-order valence-electron chi connectivity index (χ1n) is 5.70. The van der Waals surface area contributed by atoms with Crippen LogP contribution in [-0.2, 0) is 0 Å². The topological polar surface area (TPSA) is 0 Å². The van der Waals surface area contributed by atoms with Gasteiger partial charge < -0.3 is 0 Å². The van der Waals surface area contributed by atoms with Gasteiger partial charge in [-0.1, -0.05) is 18.2 Å². The number of alkyl halides is 1. The van der Waals surface area contributed by atoms with Crippen molar-refractivity contribution in [3.63, 3.8) is 0 Å². The fourth-order valence-corrected chi connectivity index (χ4v) is 5.19. The minimum Gasteiger partial charge on any atom is -0.123 e. The van der Waals surface area contributed by atoms with E-state index in [2.05, 4.69) is 30.3 Å². The van der Waals surface area contributed by atoms with Gasteiger partial charge in [-0.05, 0) is 43.2 Å². The van der Waals surface area contributed by atoms with Crippen LogP contribution in [-0.4, -0.2) is 10.6 Å². The lowest BCUT2D eigenvalue weighted by atomic mass is 10.0. The Hall–Kier alpha value is -0.140. The number of halogens is 1. The summed E-state index contributed by atoms with van der Waals surface area (Å²) < 4.78 is 0. The largest absolute Gasteiger partial charge is 0.123 e. The van der Waals surface area contributed by atoms with Crippen LogP contribution < -0.4 is 0 Å². The third-order valence-corrected chi connectivity index (χ3v) is 5.82. The first kappa shape index (κ1) is 10.0. The van der Waals surface area contributed by atoms with E-state index in [1.54, 1.807) is 0 Å². The Balaban J connectivity index is 1.75. The smallest absolute Gasteiger partial charge is 0.0378 e. The predicted molar refractivity (Wildman–Crippen MR) is 66.6 cm³/mol. The Morgan fingerprint density at radius 2 is 1.93 bits per heavy atom. The summed E-state index contributed by atoms with van der Waals surface area (Å²) in [5.41, 5.74) is 0. The molecule has 2 bridgehead atoms. The van der Waals surface area contributed by atoms with E-state index in [9.17, 15) is 0 Å². The molecule has 2 fully saturated rings. The summed E-state index contributed by atoms with van der Waals surface area (Å²) in [5, 5.41) is 1.24. The Labute approximate surface area is 100 Å². The van der Waals surface area contributed by atoms with Crippen molar-refractivity contribution in [2.24, 2.45) is 11.8 Å². The Morgan fingerprint density at radius 1 is 1.13 bits per heavy atom.